The van der Waals surface area contributed by atoms with Crippen molar-refractivity contribution >= 4 is 5.97 Å². The van der Waals surface area contributed by atoms with Crippen LogP contribution in [0.25, 0.3) is 0 Å². The Labute approximate surface area is 118 Å². The molecule has 0 saturated carbocycles. The van der Waals surface area contributed by atoms with Crippen LogP contribution >= 0.6 is 0 Å². The number of aryl methyl sites for hydroxylation is 1. The van der Waals surface area contributed by atoms with Crippen molar-refractivity contribution in [3.63, 3.8) is 0 Å². The van der Waals surface area contributed by atoms with Gasteiger partial charge in [0, 0.05) is 5.56 Å². The second-order valence-electron chi connectivity index (χ2n) is 4.64. The number of carboxylic acid groups (broad SMARTS) is 1. The average molecular weight is 270 g/mol. The van der Waals surface area contributed by atoms with Gasteiger partial charge in [-0.3, -0.25) is 4.79 Å². The van der Waals surface area contributed by atoms with E-state index in [9.17, 15) is 4.79 Å². The van der Waals surface area contributed by atoms with Crippen LogP contribution < -0.4 is 4.74 Å². The Bertz CT molecular complexity index is 573. The minimum atomic E-state index is -0.853. The maximum atomic E-state index is 10.8. The summed E-state index contributed by atoms with van der Waals surface area (Å²) in [5.41, 5.74) is 3.07. The first-order chi connectivity index (χ1) is 9.69. The van der Waals surface area contributed by atoms with E-state index in [-0.39, 0.29) is 6.42 Å². The molecule has 0 amide bonds. The van der Waals surface area contributed by atoms with Crippen LogP contribution in [-0.4, -0.2) is 11.1 Å². The Balaban J connectivity index is 2.04. The molecule has 0 saturated heterocycles. The van der Waals surface area contributed by atoms with Crippen LogP contribution in [0.3, 0.4) is 0 Å². The van der Waals surface area contributed by atoms with E-state index >= 15 is 0 Å². The van der Waals surface area contributed by atoms with Crippen molar-refractivity contribution in [1.29, 1.82) is 0 Å². The lowest BCUT2D eigenvalue weighted by atomic mass is 10.1. The summed E-state index contributed by atoms with van der Waals surface area (Å²) in [6.07, 6.45) is 0.994. The number of carboxylic acids is 1. The van der Waals surface area contributed by atoms with Gasteiger partial charge in [-0.1, -0.05) is 49.4 Å². The molecule has 0 heterocycles. The molecule has 1 N–H and O–H groups in total. The van der Waals surface area contributed by atoms with E-state index in [0.717, 1.165) is 12.0 Å². The van der Waals surface area contributed by atoms with Crippen LogP contribution in [0.15, 0.2) is 48.5 Å². The number of benzene rings is 2. The highest BCUT2D eigenvalue weighted by Gasteiger charge is 2.07. The molecule has 0 aromatic heterocycles. The summed E-state index contributed by atoms with van der Waals surface area (Å²) in [6.45, 7) is 2.56. The van der Waals surface area contributed by atoms with Gasteiger partial charge < -0.3 is 9.84 Å². The monoisotopic (exact) mass is 270 g/mol. The minimum Gasteiger partial charge on any atom is -0.489 e. The molecule has 0 aliphatic heterocycles. The molecule has 0 radical (unpaired) electrons. The summed E-state index contributed by atoms with van der Waals surface area (Å²) < 4.78 is 5.73. The third-order valence-corrected chi connectivity index (χ3v) is 3.14. The lowest BCUT2D eigenvalue weighted by Crippen LogP contribution is -2.04. The number of hydrogen-bond acceptors (Lipinski definition) is 2. The van der Waals surface area contributed by atoms with E-state index in [4.69, 9.17) is 9.84 Å². The summed E-state index contributed by atoms with van der Waals surface area (Å²) in [4.78, 5) is 10.8. The second kappa shape index (κ2) is 6.75. The molecular formula is C17H18O3. The number of rotatable bonds is 6. The Morgan fingerprint density at radius 3 is 2.35 bits per heavy atom. The van der Waals surface area contributed by atoms with Gasteiger partial charge in [0.2, 0.25) is 0 Å². The van der Waals surface area contributed by atoms with Crippen LogP contribution in [0.2, 0.25) is 0 Å². The first-order valence-electron chi connectivity index (χ1n) is 6.69. The zero-order chi connectivity index (χ0) is 14.4. The van der Waals surface area contributed by atoms with Crippen LogP contribution in [0.1, 0.15) is 23.6 Å². The third-order valence-electron chi connectivity index (χ3n) is 3.14. The Morgan fingerprint density at radius 2 is 1.70 bits per heavy atom. The molecule has 0 atom stereocenters. The summed E-state index contributed by atoms with van der Waals surface area (Å²) in [6, 6.07) is 15.5. The Hall–Kier alpha value is -2.29. The second-order valence-corrected chi connectivity index (χ2v) is 4.64. The molecular weight excluding hydrogens is 252 g/mol. The molecule has 0 aliphatic carbocycles. The van der Waals surface area contributed by atoms with Crippen LogP contribution in [0, 0.1) is 0 Å². The topological polar surface area (TPSA) is 46.5 Å². The molecule has 2 rings (SSSR count). The number of aliphatic carboxylic acids is 1. The van der Waals surface area contributed by atoms with Crippen molar-refractivity contribution in [2.45, 2.75) is 26.4 Å². The number of para-hydroxylation sites is 1. The van der Waals surface area contributed by atoms with E-state index in [1.54, 1.807) is 12.1 Å². The van der Waals surface area contributed by atoms with Crippen molar-refractivity contribution in [2.24, 2.45) is 0 Å². The van der Waals surface area contributed by atoms with Gasteiger partial charge in [-0.25, -0.2) is 0 Å². The molecule has 0 fully saturated rings. The molecule has 2 aromatic carbocycles. The summed E-state index contributed by atoms with van der Waals surface area (Å²) >= 11 is 0. The summed E-state index contributed by atoms with van der Waals surface area (Å²) in [7, 11) is 0. The fourth-order valence-electron chi connectivity index (χ4n) is 1.99. The number of hydrogen-bond donors (Lipinski definition) is 1. The molecule has 3 nitrogen and oxygen atoms in total. The predicted molar refractivity (Wildman–Crippen MR) is 77.9 cm³/mol. The minimum absolute atomic E-state index is 0.0229. The average Bonchev–Trinajstić information content (AvgIpc) is 2.46. The van der Waals surface area contributed by atoms with Gasteiger partial charge in [0.05, 0.1) is 6.42 Å². The first kappa shape index (κ1) is 14.1. The molecule has 3 heteroatoms. The molecule has 0 spiro atoms. The lowest BCUT2D eigenvalue weighted by molar-refractivity contribution is -0.136. The molecule has 104 valence electrons. The fraction of sp³-hybridized carbons (Fsp3) is 0.235. The lowest BCUT2D eigenvalue weighted by Gasteiger charge is -2.10. The zero-order valence-electron chi connectivity index (χ0n) is 11.5. The van der Waals surface area contributed by atoms with Gasteiger partial charge in [-0.05, 0) is 23.6 Å². The molecule has 0 bridgehead atoms. The van der Waals surface area contributed by atoms with Gasteiger partial charge in [0.1, 0.15) is 12.4 Å². The van der Waals surface area contributed by atoms with Crippen molar-refractivity contribution in [2.75, 3.05) is 0 Å². The predicted octanol–water partition coefficient (Wildman–Crippen LogP) is 3.46. The van der Waals surface area contributed by atoms with Crippen LogP contribution in [-0.2, 0) is 24.2 Å². The highest BCUT2D eigenvalue weighted by Crippen LogP contribution is 2.20. The highest BCUT2D eigenvalue weighted by atomic mass is 16.5. The zero-order valence-corrected chi connectivity index (χ0v) is 11.5. The number of carbonyl (C=O) groups is 1. The molecule has 20 heavy (non-hydrogen) atoms. The van der Waals surface area contributed by atoms with E-state index in [1.807, 2.05) is 24.3 Å². The summed E-state index contributed by atoms with van der Waals surface area (Å²) in [5.74, 6) is -0.220. The van der Waals surface area contributed by atoms with Gasteiger partial charge in [0.25, 0.3) is 0 Å². The first-order valence-corrected chi connectivity index (χ1v) is 6.69. The maximum absolute atomic E-state index is 10.8. The van der Waals surface area contributed by atoms with Crippen LogP contribution in [0.4, 0.5) is 0 Å². The van der Waals surface area contributed by atoms with Crippen LogP contribution in [0.5, 0.6) is 5.75 Å². The SMILES string of the molecule is CCc1ccc(COc2ccccc2CC(=O)O)cc1. The Kier molecular flexibility index (Phi) is 4.77. The van der Waals surface area contributed by atoms with Crippen molar-refractivity contribution in [3.05, 3.63) is 65.2 Å². The van der Waals surface area contributed by atoms with Crippen molar-refractivity contribution in [3.8, 4) is 5.75 Å². The van der Waals surface area contributed by atoms with Gasteiger partial charge in [0.15, 0.2) is 0 Å². The standard InChI is InChI=1S/C17H18O3/c1-2-13-7-9-14(10-8-13)12-20-16-6-4-3-5-15(16)11-17(18)19/h3-10H,2,11-12H2,1H3,(H,18,19). The Morgan fingerprint density at radius 1 is 1.05 bits per heavy atom. The smallest absolute Gasteiger partial charge is 0.307 e. The molecule has 2 aromatic rings. The molecule has 0 aliphatic rings. The maximum Gasteiger partial charge on any atom is 0.307 e. The third kappa shape index (κ3) is 3.85. The van der Waals surface area contributed by atoms with E-state index in [2.05, 4.69) is 19.1 Å². The summed E-state index contributed by atoms with van der Waals surface area (Å²) in [5, 5.41) is 8.88. The van der Waals surface area contributed by atoms with Gasteiger partial charge in [-0.2, -0.15) is 0 Å². The normalized spacial score (nSPS) is 10.2. The van der Waals surface area contributed by atoms with Crippen molar-refractivity contribution in [1.82, 2.24) is 0 Å². The van der Waals surface area contributed by atoms with E-state index in [1.165, 1.54) is 5.56 Å². The molecule has 0 unspecified atom stereocenters. The van der Waals surface area contributed by atoms with Gasteiger partial charge >= 0.3 is 5.97 Å². The highest BCUT2D eigenvalue weighted by molar-refractivity contribution is 5.71. The van der Waals surface area contributed by atoms with Gasteiger partial charge in [-0.15, -0.1) is 0 Å². The van der Waals surface area contributed by atoms with E-state index < -0.39 is 5.97 Å². The van der Waals surface area contributed by atoms with E-state index in [0.29, 0.717) is 17.9 Å². The fourth-order valence-corrected chi connectivity index (χ4v) is 1.99. The number of ether oxygens (including phenoxy) is 1. The van der Waals surface area contributed by atoms with Crippen molar-refractivity contribution < 1.29 is 14.6 Å². The quantitative estimate of drug-likeness (QED) is 0.874. The largest absolute Gasteiger partial charge is 0.489 e.